The Labute approximate surface area is 106 Å². The summed E-state index contributed by atoms with van der Waals surface area (Å²) in [6.07, 6.45) is 10.2. The molecule has 17 heavy (non-hydrogen) atoms. The third-order valence-electron chi connectivity index (χ3n) is 5.38. The van der Waals surface area contributed by atoms with E-state index in [4.69, 9.17) is 0 Å². The molecule has 2 saturated carbocycles. The molecular formula is C15H28N2. The van der Waals surface area contributed by atoms with Crippen LogP contribution in [-0.2, 0) is 0 Å². The molecule has 2 nitrogen and oxygen atoms in total. The van der Waals surface area contributed by atoms with E-state index >= 15 is 0 Å². The number of hydrogen-bond acceptors (Lipinski definition) is 2. The molecule has 1 saturated heterocycles. The summed E-state index contributed by atoms with van der Waals surface area (Å²) >= 11 is 0. The molecule has 2 heteroatoms. The topological polar surface area (TPSA) is 24.1 Å². The van der Waals surface area contributed by atoms with Gasteiger partial charge < -0.3 is 10.6 Å². The van der Waals surface area contributed by atoms with E-state index in [0.717, 1.165) is 23.3 Å². The first-order valence-corrected chi connectivity index (χ1v) is 7.76. The summed E-state index contributed by atoms with van der Waals surface area (Å²) in [5.41, 5.74) is 0.763. The Morgan fingerprint density at radius 1 is 1.24 bits per heavy atom. The van der Waals surface area contributed by atoms with Gasteiger partial charge in [-0.3, -0.25) is 0 Å². The average Bonchev–Trinajstić information content (AvgIpc) is 3.21. The summed E-state index contributed by atoms with van der Waals surface area (Å²) in [6.45, 7) is 6.07. The molecule has 3 aliphatic rings. The fourth-order valence-electron chi connectivity index (χ4n) is 3.70. The zero-order chi connectivity index (χ0) is 11.7. The zero-order valence-electron chi connectivity index (χ0n) is 11.3. The summed E-state index contributed by atoms with van der Waals surface area (Å²) in [4.78, 5) is 0. The number of piperidine rings is 1. The van der Waals surface area contributed by atoms with Crippen molar-refractivity contribution in [2.45, 2.75) is 57.9 Å². The fourth-order valence-corrected chi connectivity index (χ4v) is 3.70. The molecule has 0 aromatic carbocycles. The van der Waals surface area contributed by atoms with Gasteiger partial charge in [-0.15, -0.1) is 0 Å². The molecule has 2 N–H and O–H groups in total. The van der Waals surface area contributed by atoms with Gasteiger partial charge >= 0.3 is 0 Å². The Hall–Kier alpha value is -0.0800. The van der Waals surface area contributed by atoms with Crippen LogP contribution in [0.1, 0.15) is 51.9 Å². The molecule has 0 bridgehead atoms. The van der Waals surface area contributed by atoms with Gasteiger partial charge in [0.25, 0.3) is 0 Å². The predicted octanol–water partition coefficient (Wildman–Crippen LogP) is 2.54. The van der Waals surface area contributed by atoms with E-state index in [0.29, 0.717) is 0 Å². The molecule has 2 atom stereocenters. The third-order valence-corrected chi connectivity index (χ3v) is 5.38. The van der Waals surface area contributed by atoms with Gasteiger partial charge in [-0.25, -0.2) is 0 Å². The first-order chi connectivity index (χ1) is 8.32. The SMILES string of the molecule is CCC1CCNC(CNCC2(C3CC3)CC2)C1. The minimum absolute atomic E-state index is 0.740. The van der Waals surface area contributed by atoms with Gasteiger partial charge in [-0.1, -0.05) is 13.3 Å². The van der Waals surface area contributed by atoms with Crippen molar-refractivity contribution in [1.29, 1.82) is 0 Å². The summed E-state index contributed by atoms with van der Waals surface area (Å²) in [5, 5.41) is 7.43. The number of rotatable bonds is 6. The van der Waals surface area contributed by atoms with E-state index in [-0.39, 0.29) is 0 Å². The lowest BCUT2D eigenvalue weighted by Crippen LogP contribution is -2.45. The van der Waals surface area contributed by atoms with Gasteiger partial charge in [0.05, 0.1) is 0 Å². The van der Waals surface area contributed by atoms with Gasteiger partial charge in [-0.2, -0.15) is 0 Å². The second-order valence-corrected chi connectivity index (χ2v) is 6.72. The molecule has 1 heterocycles. The molecule has 0 spiro atoms. The summed E-state index contributed by atoms with van der Waals surface area (Å²) in [5.74, 6) is 2.07. The van der Waals surface area contributed by atoms with Crippen LogP contribution in [0.2, 0.25) is 0 Å². The van der Waals surface area contributed by atoms with Gasteiger partial charge in [0, 0.05) is 19.1 Å². The Kier molecular flexibility index (Phi) is 3.45. The smallest absolute Gasteiger partial charge is 0.0195 e. The Bertz CT molecular complexity index is 256. The third kappa shape index (κ3) is 2.85. The molecule has 3 rings (SSSR count). The van der Waals surface area contributed by atoms with E-state index in [1.165, 1.54) is 64.6 Å². The van der Waals surface area contributed by atoms with Crippen LogP contribution in [-0.4, -0.2) is 25.7 Å². The highest BCUT2D eigenvalue weighted by Crippen LogP contribution is 2.60. The highest BCUT2D eigenvalue weighted by atomic mass is 15.0. The summed E-state index contributed by atoms with van der Waals surface area (Å²) < 4.78 is 0. The van der Waals surface area contributed by atoms with Crippen molar-refractivity contribution in [2.75, 3.05) is 19.6 Å². The maximum absolute atomic E-state index is 3.76. The van der Waals surface area contributed by atoms with Crippen molar-refractivity contribution < 1.29 is 0 Å². The van der Waals surface area contributed by atoms with Crippen LogP contribution in [0.25, 0.3) is 0 Å². The Morgan fingerprint density at radius 2 is 2.06 bits per heavy atom. The maximum Gasteiger partial charge on any atom is 0.0195 e. The molecule has 0 aromatic rings. The fraction of sp³-hybridized carbons (Fsp3) is 1.00. The van der Waals surface area contributed by atoms with Crippen LogP contribution < -0.4 is 10.6 Å². The maximum atomic E-state index is 3.76. The Morgan fingerprint density at radius 3 is 2.71 bits per heavy atom. The second-order valence-electron chi connectivity index (χ2n) is 6.72. The van der Waals surface area contributed by atoms with Gasteiger partial charge in [0.1, 0.15) is 0 Å². The molecule has 0 radical (unpaired) electrons. The lowest BCUT2D eigenvalue weighted by atomic mass is 9.90. The van der Waals surface area contributed by atoms with Gasteiger partial charge in [0.15, 0.2) is 0 Å². The van der Waals surface area contributed by atoms with Gasteiger partial charge in [0.2, 0.25) is 0 Å². The number of hydrogen-bond donors (Lipinski definition) is 2. The Balaban J connectivity index is 1.36. The minimum Gasteiger partial charge on any atom is -0.315 e. The standard InChI is InChI=1S/C15H28N2/c1-2-12-5-8-17-14(9-12)10-16-11-15(6-7-15)13-3-4-13/h12-14,16-17H,2-11H2,1H3. The minimum atomic E-state index is 0.740. The van der Waals surface area contributed by atoms with Crippen molar-refractivity contribution in [3.8, 4) is 0 Å². The molecule has 2 aliphatic carbocycles. The molecule has 98 valence electrons. The summed E-state index contributed by atoms with van der Waals surface area (Å²) in [6, 6.07) is 0.740. The predicted molar refractivity (Wildman–Crippen MR) is 72.1 cm³/mol. The van der Waals surface area contributed by atoms with Crippen molar-refractivity contribution >= 4 is 0 Å². The summed E-state index contributed by atoms with van der Waals surface area (Å²) in [7, 11) is 0. The van der Waals surface area contributed by atoms with Crippen LogP contribution in [0.4, 0.5) is 0 Å². The molecule has 0 amide bonds. The van der Waals surface area contributed by atoms with Crippen molar-refractivity contribution in [1.82, 2.24) is 10.6 Å². The highest BCUT2D eigenvalue weighted by Gasteiger charge is 2.53. The van der Waals surface area contributed by atoms with E-state index in [9.17, 15) is 0 Å². The van der Waals surface area contributed by atoms with Crippen molar-refractivity contribution in [3.05, 3.63) is 0 Å². The van der Waals surface area contributed by atoms with Crippen LogP contribution in [0.3, 0.4) is 0 Å². The van der Waals surface area contributed by atoms with E-state index in [1.807, 2.05) is 0 Å². The zero-order valence-corrected chi connectivity index (χ0v) is 11.3. The van der Waals surface area contributed by atoms with E-state index in [2.05, 4.69) is 17.6 Å². The lowest BCUT2D eigenvalue weighted by Gasteiger charge is -2.30. The van der Waals surface area contributed by atoms with Crippen molar-refractivity contribution in [3.63, 3.8) is 0 Å². The normalized spacial score (nSPS) is 35.8. The van der Waals surface area contributed by atoms with Crippen LogP contribution in [0, 0.1) is 17.3 Å². The first-order valence-electron chi connectivity index (χ1n) is 7.76. The quantitative estimate of drug-likeness (QED) is 0.740. The van der Waals surface area contributed by atoms with E-state index in [1.54, 1.807) is 0 Å². The highest BCUT2D eigenvalue weighted by molar-refractivity contribution is 5.05. The molecule has 3 fully saturated rings. The molecule has 1 aliphatic heterocycles. The monoisotopic (exact) mass is 236 g/mol. The van der Waals surface area contributed by atoms with Crippen LogP contribution in [0.5, 0.6) is 0 Å². The van der Waals surface area contributed by atoms with Crippen LogP contribution >= 0.6 is 0 Å². The largest absolute Gasteiger partial charge is 0.315 e. The van der Waals surface area contributed by atoms with Gasteiger partial charge in [-0.05, 0) is 62.3 Å². The lowest BCUT2D eigenvalue weighted by molar-refractivity contribution is 0.280. The number of nitrogens with one attached hydrogen (secondary N) is 2. The first kappa shape index (κ1) is 12.0. The van der Waals surface area contributed by atoms with Crippen molar-refractivity contribution in [2.24, 2.45) is 17.3 Å². The van der Waals surface area contributed by atoms with E-state index < -0.39 is 0 Å². The second kappa shape index (κ2) is 4.89. The van der Waals surface area contributed by atoms with Crippen LogP contribution in [0.15, 0.2) is 0 Å². The molecule has 2 unspecified atom stereocenters. The molecular weight excluding hydrogens is 208 g/mol. The molecule has 0 aromatic heterocycles. The average molecular weight is 236 g/mol.